The van der Waals surface area contributed by atoms with Gasteiger partial charge in [0.25, 0.3) is 0 Å². The lowest BCUT2D eigenvalue weighted by atomic mass is 9.97. The molecule has 1 amide bonds. The zero-order valence-corrected chi connectivity index (χ0v) is 11.9. The molecule has 0 fully saturated rings. The van der Waals surface area contributed by atoms with Gasteiger partial charge in [0.1, 0.15) is 5.92 Å². The van der Waals surface area contributed by atoms with Gasteiger partial charge in [0.2, 0.25) is 5.91 Å². The van der Waals surface area contributed by atoms with Crippen molar-refractivity contribution in [3.8, 4) is 6.07 Å². The Kier molecular flexibility index (Phi) is 6.08. The predicted octanol–water partition coefficient (Wildman–Crippen LogP) is 3.37. The van der Waals surface area contributed by atoms with Crippen LogP contribution in [0.1, 0.15) is 50.7 Å². The maximum Gasteiger partial charge on any atom is 0.237 e. The fourth-order valence-electron chi connectivity index (χ4n) is 1.85. The van der Waals surface area contributed by atoms with E-state index in [9.17, 15) is 4.79 Å². The van der Waals surface area contributed by atoms with Crippen LogP contribution in [0.3, 0.4) is 0 Å². The van der Waals surface area contributed by atoms with Crippen LogP contribution in [-0.2, 0) is 11.3 Å². The van der Waals surface area contributed by atoms with Crippen molar-refractivity contribution in [1.82, 2.24) is 5.32 Å². The highest BCUT2D eigenvalue weighted by Gasteiger charge is 2.14. The summed E-state index contributed by atoms with van der Waals surface area (Å²) in [4.78, 5) is 11.7. The Balaban J connectivity index is 2.55. The number of carbonyl (C=O) groups excluding carboxylic acids is 1. The Labute approximate surface area is 115 Å². The lowest BCUT2D eigenvalue weighted by Gasteiger charge is -2.11. The second kappa shape index (κ2) is 7.58. The Morgan fingerprint density at radius 2 is 1.89 bits per heavy atom. The SMILES string of the molecule is CCC(C#N)C(=O)NCc1ccc(C(C)CC)cc1. The molecule has 0 aliphatic carbocycles. The highest BCUT2D eigenvalue weighted by Crippen LogP contribution is 2.18. The summed E-state index contributed by atoms with van der Waals surface area (Å²) in [7, 11) is 0. The molecule has 1 aromatic carbocycles. The van der Waals surface area contributed by atoms with Gasteiger partial charge in [-0.25, -0.2) is 0 Å². The molecule has 0 aliphatic rings. The molecule has 0 heterocycles. The molecule has 0 bridgehead atoms. The lowest BCUT2D eigenvalue weighted by Crippen LogP contribution is -2.29. The summed E-state index contributed by atoms with van der Waals surface area (Å²) in [6.45, 7) is 6.70. The number of amides is 1. The van der Waals surface area contributed by atoms with Gasteiger partial charge in [-0.2, -0.15) is 5.26 Å². The summed E-state index contributed by atoms with van der Waals surface area (Å²) in [5.74, 6) is -0.165. The van der Waals surface area contributed by atoms with Crippen LogP contribution in [0.2, 0.25) is 0 Å². The van der Waals surface area contributed by atoms with Crippen LogP contribution in [-0.4, -0.2) is 5.91 Å². The molecular weight excluding hydrogens is 236 g/mol. The number of benzene rings is 1. The quantitative estimate of drug-likeness (QED) is 0.850. The van der Waals surface area contributed by atoms with E-state index in [4.69, 9.17) is 5.26 Å². The molecule has 1 N–H and O–H groups in total. The van der Waals surface area contributed by atoms with E-state index in [2.05, 4.69) is 31.3 Å². The summed E-state index contributed by atoms with van der Waals surface area (Å²) < 4.78 is 0. The summed E-state index contributed by atoms with van der Waals surface area (Å²) in [6, 6.07) is 10.3. The van der Waals surface area contributed by atoms with E-state index in [1.807, 2.05) is 25.1 Å². The van der Waals surface area contributed by atoms with E-state index in [1.54, 1.807) is 0 Å². The van der Waals surface area contributed by atoms with Crippen molar-refractivity contribution >= 4 is 5.91 Å². The second-order valence-corrected chi connectivity index (χ2v) is 4.86. The molecule has 1 rings (SSSR count). The first-order valence-corrected chi connectivity index (χ1v) is 6.88. The zero-order valence-electron chi connectivity index (χ0n) is 11.9. The monoisotopic (exact) mass is 258 g/mol. The highest BCUT2D eigenvalue weighted by atomic mass is 16.1. The number of nitrogens with zero attached hydrogens (tertiary/aromatic N) is 1. The van der Waals surface area contributed by atoms with Gasteiger partial charge in [-0.1, -0.05) is 45.0 Å². The fourth-order valence-corrected chi connectivity index (χ4v) is 1.85. The van der Waals surface area contributed by atoms with Crippen molar-refractivity contribution in [1.29, 1.82) is 5.26 Å². The van der Waals surface area contributed by atoms with Crippen LogP contribution in [0, 0.1) is 17.2 Å². The molecule has 0 radical (unpaired) electrons. The van der Waals surface area contributed by atoms with E-state index >= 15 is 0 Å². The molecule has 3 nitrogen and oxygen atoms in total. The Morgan fingerprint density at radius 1 is 1.26 bits per heavy atom. The largest absolute Gasteiger partial charge is 0.351 e. The number of carbonyl (C=O) groups is 1. The van der Waals surface area contributed by atoms with Gasteiger partial charge in [-0.15, -0.1) is 0 Å². The van der Waals surface area contributed by atoms with Gasteiger partial charge in [-0.3, -0.25) is 4.79 Å². The molecule has 0 spiro atoms. The van der Waals surface area contributed by atoms with Crippen molar-refractivity contribution < 1.29 is 4.79 Å². The van der Waals surface area contributed by atoms with Crippen molar-refractivity contribution in [2.24, 2.45) is 5.92 Å². The molecule has 0 saturated carbocycles. The summed E-state index contributed by atoms with van der Waals surface area (Å²) >= 11 is 0. The maximum atomic E-state index is 11.7. The Hall–Kier alpha value is -1.82. The predicted molar refractivity (Wildman–Crippen MR) is 76.4 cm³/mol. The molecular formula is C16H22N2O. The number of nitriles is 1. The normalized spacial score (nSPS) is 13.4. The second-order valence-electron chi connectivity index (χ2n) is 4.86. The van der Waals surface area contributed by atoms with Crippen molar-refractivity contribution in [2.75, 3.05) is 0 Å². The first-order chi connectivity index (χ1) is 9.12. The third kappa shape index (κ3) is 4.40. The molecule has 102 valence electrons. The zero-order chi connectivity index (χ0) is 14.3. The molecule has 0 saturated heterocycles. The third-order valence-electron chi connectivity index (χ3n) is 3.51. The first-order valence-electron chi connectivity index (χ1n) is 6.88. The summed E-state index contributed by atoms with van der Waals surface area (Å²) in [5, 5.41) is 11.6. The minimum atomic E-state index is -0.542. The minimum absolute atomic E-state index is 0.184. The molecule has 1 aromatic rings. The fraction of sp³-hybridized carbons (Fsp3) is 0.500. The molecule has 0 aromatic heterocycles. The third-order valence-corrected chi connectivity index (χ3v) is 3.51. The molecule has 3 heteroatoms. The number of rotatable bonds is 6. The number of hydrogen-bond donors (Lipinski definition) is 1. The number of hydrogen-bond acceptors (Lipinski definition) is 2. The molecule has 19 heavy (non-hydrogen) atoms. The van der Waals surface area contributed by atoms with Gasteiger partial charge in [0, 0.05) is 6.54 Å². The van der Waals surface area contributed by atoms with Crippen molar-refractivity contribution in [3.05, 3.63) is 35.4 Å². The van der Waals surface area contributed by atoms with Crippen molar-refractivity contribution in [2.45, 2.75) is 46.1 Å². The van der Waals surface area contributed by atoms with E-state index in [0.29, 0.717) is 18.9 Å². The van der Waals surface area contributed by atoms with Gasteiger partial charge in [-0.05, 0) is 29.9 Å². The van der Waals surface area contributed by atoms with Crippen molar-refractivity contribution in [3.63, 3.8) is 0 Å². The van der Waals surface area contributed by atoms with Gasteiger partial charge >= 0.3 is 0 Å². The first kappa shape index (κ1) is 15.2. The van der Waals surface area contributed by atoms with Gasteiger partial charge in [0.15, 0.2) is 0 Å². The average Bonchev–Trinajstić information content (AvgIpc) is 2.46. The van der Waals surface area contributed by atoms with Crippen LogP contribution < -0.4 is 5.32 Å². The molecule has 2 atom stereocenters. The lowest BCUT2D eigenvalue weighted by molar-refractivity contribution is -0.123. The maximum absolute atomic E-state index is 11.7. The van der Waals surface area contributed by atoms with E-state index in [1.165, 1.54) is 5.56 Å². The van der Waals surface area contributed by atoms with Crippen LogP contribution in [0.4, 0.5) is 0 Å². The van der Waals surface area contributed by atoms with E-state index in [-0.39, 0.29) is 5.91 Å². The molecule has 0 aliphatic heterocycles. The number of nitrogens with one attached hydrogen (secondary N) is 1. The molecule has 2 unspecified atom stereocenters. The van der Waals surface area contributed by atoms with Gasteiger partial charge in [0.05, 0.1) is 6.07 Å². The van der Waals surface area contributed by atoms with Crippen LogP contribution in [0.25, 0.3) is 0 Å². The van der Waals surface area contributed by atoms with Gasteiger partial charge < -0.3 is 5.32 Å². The highest BCUT2D eigenvalue weighted by molar-refractivity contribution is 5.80. The van der Waals surface area contributed by atoms with Crippen LogP contribution >= 0.6 is 0 Å². The van der Waals surface area contributed by atoms with E-state index in [0.717, 1.165) is 12.0 Å². The Morgan fingerprint density at radius 3 is 2.37 bits per heavy atom. The average molecular weight is 258 g/mol. The smallest absolute Gasteiger partial charge is 0.237 e. The summed E-state index contributed by atoms with van der Waals surface area (Å²) in [6.07, 6.45) is 1.67. The van der Waals surface area contributed by atoms with Crippen LogP contribution in [0.5, 0.6) is 0 Å². The Bertz CT molecular complexity index is 445. The minimum Gasteiger partial charge on any atom is -0.351 e. The topological polar surface area (TPSA) is 52.9 Å². The standard InChI is InChI=1S/C16H22N2O/c1-4-12(3)15-8-6-13(7-9-15)11-18-16(19)14(5-2)10-17/h6-9,12,14H,4-5,11H2,1-3H3,(H,18,19). The van der Waals surface area contributed by atoms with E-state index < -0.39 is 5.92 Å². The van der Waals surface area contributed by atoms with Crippen LogP contribution in [0.15, 0.2) is 24.3 Å². The summed E-state index contributed by atoms with van der Waals surface area (Å²) in [5.41, 5.74) is 2.38.